The van der Waals surface area contributed by atoms with Crippen LogP contribution in [0.4, 0.5) is 5.69 Å². The molecular weight excluding hydrogens is 286 g/mol. The second-order valence-electron chi connectivity index (χ2n) is 3.89. The molecule has 0 atom stereocenters. The molecule has 1 aromatic carbocycles. The Labute approximate surface area is 112 Å². The molecule has 0 aromatic heterocycles. The predicted molar refractivity (Wildman–Crippen MR) is 76.5 cm³/mol. The summed E-state index contributed by atoms with van der Waals surface area (Å²) < 4.78 is 1.12. The lowest BCUT2D eigenvalue weighted by Crippen LogP contribution is -2.25. The van der Waals surface area contributed by atoms with Crippen molar-refractivity contribution in [1.82, 2.24) is 0 Å². The van der Waals surface area contributed by atoms with Crippen molar-refractivity contribution in [1.29, 1.82) is 0 Å². The molecule has 0 aliphatic carbocycles. The van der Waals surface area contributed by atoms with Crippen LogP contribution in [0.25, 0.3) is 0 Å². The number of hydrogen-bond acceptors (Lipinski definition) is 1. The maximum absolute atomic E-state index is 5.99. The van der Waals surface area contributed by atoms with Gasteiger partial charge in [0.1, 0.15) is 0 Å². The van der Waals surface area contributed by atoms with Crippen LogP contribution in [0.3, 0.4) is 0 Å². The molecule has 0 radical (unpaired) electrons. The topological polar surface area (TPSA) is 3.24 Å². The highest BCUT2D eigenvalue weighted by Gasteiger charge is 2.09. The van der Waals surface area contributed by atoms with Gasteiger partial charge in [-0.15, -0.1) is 11.6 Å². The fourth-order valence-corrected chi connectivity index (χ4v) is 2.41. The van der Waals surface area contributed by atoms with Gasteiger partial charge in [0, 0.05) is 29.1 Å². The van der Waals surface area contributed by atoms with E-state index in [0.29, 0.717) is 5.88 Å². The smallest absolute Gasteiger partial charge is 0.0494 e. The van der Waals surface area contributed by atoms with Gasteiger partial charge < -0.3 is 4.90 Å². The molecule has 0 heterocycles. The van der Waals surface area contributed by atoms with E-state index < -0.39 is 0 Å². The highest BCUT2D eigenvalue weighted by Crippen LogP contribution is 2.27. The first kappa shape index (κ1) is 13.9. The van der Waals surface area contributed by atoms with Crippen LogP contribution < -0.4 is 4.90 Å². The number of benzene rings is 1. The first-order valence-corrected chi connectivity index (χ1v) is 7.15. The zero-order valence-electron chi connectivity index (χ0n) is 9.97. The van der Waals surface area contributed by atoms with Gasteiger partial charge in [-0.25, -0.2) is 0 Å². The largest absolute Gasteiger partial charge is 0.371 e. The summed E-state index contributed by atoms with van der Waals surface area (Å²) in [6, 6.07) is 6.32. The molecule has 1 rings (SSSR count). The number of halogens is 2. The molecule has 0 aliphatic rings. The third-order valence-electron chi connectivity index (χ3n) is 2.52. The summed E-state index contributed by atoms with van der Waals surface area (Å²) in [5.74, 6) is 0.576. The van der Waals surface area contributed by atoms with Crippen LogP contribution in [0.15, 0.2) is 22.7 Å². The Kier molecular flexibility index (Phi) is 6.22. The van der Waals surface area contributed by atoms with Crippen molar-refractivity contribution >= 4 is 33.2 Å². The van der Waals surface area contributed by atoms with E-state index in [9.17, 15) is 0 Å². The molecule has 0 fully saturated rings. The minimum absolute atomic E-state index is 0.576. The van der Waals surface area contributed by atoms with E-state index in [0.717, 1.165) is 30.4 Å². The van der Waals surface area contributed by atoms with Gasteiger partial charge in [0.2, 0.25) is 0 Å². The Balaban J connectivity index is 3.00. The summed E-state index contributed by atoms with van der Waals surface area (Å²) in [6.45, 7) is 6.60. The van der Waals surface area contributed by atoms with Gasteiger partial charge in [0.05, 0.1) is 0 Å². The highest BCUT2D eigenvalue weighted by molar-refractivity contribution is 9.10. The summed E-state index contributed by atoms with van der Waals surface area (Å²) in [6.07, 6.45) is 2.32. The molecule has 0 amide bonds. The average Bonchev–Trinajstić information content (AvgIpc) is 2.29. The minimum Gasteiger partial charge on any atom is -0.371 e. The van der Waals surface area contributed by atoms with Gasteiger partial charge in [-0.05, 0) is 30.5 Å². The van der Waals surface area contributed by atoms with E-state index in [4.69, 9.17) is 11.6 Å². The first-order valence-electron chi connectivity index (χ1n) is 5.82. The Morgan fingerprint density at radius 2 is 1.81 bits per heavy atom. The summed E-state index contributed by atoms with van der Waals surface area (Å²) in [7, 11) is 0. The van der Waals surface area contributed by atoms with Crippen LogP contribution in [0.5, 0.6) is 0 Å². The van der Waals surface area contributed by atoms with Gasteiger partial charge in [-0.1, -0.05) is 35.8 Å². The van der Waals surface area contributed by atoms with Gasteiger partial charge in [0.15, 0.2) is 0 Å². The zero-order valence-corrected chi connectivity index (χ0v) is 12.3. The first-order chi connectivity index (χ1) is 7.72. The maximum atomic E-state index is 5.99. The average molecular weight is 305 g/mol. The Morgan fingerprint density at radius 3 is 2.31 bits per heavy atom. The van der Waals surface area contributed by atoms with Crippen molar-refractivity contribution in [3.63, 3.8) is 0 Å². The molecule has 0 unspecified atom stereocenters. The quantitative estimate of drug-likeness (QED) is 0.681. The van der Waals surface area contributed by atoms with Crippen molar-refractivity contribution in [3.05, 3.63) is 28.2 Å². The summed E-state index contributed by atoms with van der Waals surface area (Å²) in [4.78, 5) is 2.42. The molecule has 0 aliphatic heterocycles. The van der Waals surface area contributed by atoms with Crippen LogP contribution >= 0.6 is 27.5 Å². The molecule has 0 saturated carbocycles. The fraction of sp³-hybridized carbons (Fsp3) is 0.538. The van der Waals surface area contributed by atoms with E-state index in [2.05, 4.69) is 52.9 Å². The molecule has 1 aromatic rings. The summed E-state index contributed by atoms with van der Waals surface area (Å²) >= 11 is 9.51. The molecule has 0 spiro atoms. The lowest BCUT2D eigenvalue weighted by Gasteiger charge is -2.26. The van der Waals surface area contributed by atoms with Crippen LogP contribution in [0.2, 0.25) is 0 Å². The van der Waals surface area contributed by atoms with Crippen molar-refractivity contribution in [2.24, 2.45) is 0 Å². The number of nitrogens with zero attached hydrogens (tertiary/aromatic N) is 1. The molecule has 1 nitrogen and oxygen atoms in total. The normalized spacial score (nSPS) is 10.5. The fourth-order valence-electron chi connectivity index (χ4n) is 1.84. The molecule has 0 bridgehead atoms. The summed E-state index contributed by atoms with van der Waals surface area (Å²) in [5, 5.41) is 0. The molecule has 0 saturated heterocycles. The Morgan fingerprint density at radius 1 is 1.19 bits per heavy atom. The summed E-state index contributed by atoms with van der Waals surface area (Å²) in [5.41, 5.74) is 2.49. The van der Waals surface area contributed by atoms with Crippen molar-refractivity contribution < 1.29 is 0 Å². The minimum atomic E-state index is 0.576. The lowest BCUT2D eigenvalue weighted by molar-refractivity contribution is 0.742. The number of hydrogen-bond donors (Lipinski definition) is 0. The van der Waals surface area contributed by atoms with Gasteiger partial charge in [0.25, 0.3) is 0 Å². The molecular formula is C13H19BrClN. The van der Waals surface area contributed by atoms with Crippen molar-refractivity contribution in [2.75, 3.05) is 18.0 Å². The van der Waals surface area contributed by atoms with Gasteiger partial charge in [-0.2, -0.15) is 0 Å². The predicted octanol–water partition coefficient (Wildman–Crippen LogP) is 4.81. The number of alkyl halides is 1. The molecule has 3 heteroatoms. The number of anilines is 1. The monoisotopic (exact) mass is 303 g/mol. The van der Waals surface area contributed by atoms with Gasteiger partial charge in [-0.3, -0.25) is 0 Å². The van der Waals surface area contributed by atoms with Crippen LogP contribution in [-0.2, 0) is 5.88 Å². The Bertz CT molecular complexity index is 322. The van der Waals surface area contributed by atoms with Gasteiger partial charge >= 0.3 is 0 Å². The third-order valence-corrected chi connectivity index (χ3v) is 3.30. The van der Waals surface area contributed by atoms with Crippen LogP contribution in [0, 0.1) is 0 Å². The molecule has 16 heavy (non-hydrogen) atoms. The van der Waals surface area contributed by atoms with Crippen molar-refractivity contribution in [2.45, 2.75) is 32.6 Å². The van der Waals surface area contributed by atoms with E-state index in [-0.39, 0.29) is 0 Å². The number of rotatable bonds is 6. The molecule has 0 N–H and O–H groups in total. The van der Waals surface area contributed by atoms with Crippen LogP contribution in [0.1, 0.15) is 32.3 Å². The van der Waals surface area contributed by atoms with E-state index >= 15 is 0 Å². The molecule has 90 valence electrons. The van der Waals surface area contributed by atoms with Crippen molar-refractivity contribution in [3.8, 4) is 0 Å². The third kappa shape index (κ3) is 3.67. The highest BCUT2D eigenvalue weighted by atomic mass is 79.9. The standard InChI is InChI=1S/C13H19BrClN/c1-3-7-16(8-4-2)13-9-12(14)6-5-11(13)10-15/h5-6,9H,3-4,7-8,10H2,1-2H3. The zero-order chi connectivity index (χ0) is 12.0. The lowest BCUT2D eigenvalue weighted by atomic mass is 10.1. The van der Waals surface area contributed by atoms with E-state index in [1.807, 2.05) is 0 Å². The van der Waals surface area contributed by atoms with E-state index in [1.54, 1.807) is 0 Å². The Hall–Kier alpha value is -0.210. The second-order valence-corrected chi connectivity index (χ2v) is 5.08. The SMILES string of the molecule is CCCN(CCC)c1cc(Br)ccc1CCl. The second kappa shape index (κ2) is 7.18. The van der Waals surface area contributed by atoms with Crippen LogP contribution in [-0.4, -0.2) is 13.1 Å². The maximum Gasteiger partial charge on any atom is 0.0494 e. The van der Waals surface area contributed by atoms with E-state index in [1.165, 1.54) is 11.3 Å².